The van der Waals surface area contributed by atoms with Crippen molar-refractivity contribution in [2.24, 2.45) is 0 Å². The highest BCUT2D eigenvalue weighted by atomic mass is 79.9. The van der Waals surface area contributed by atoms with E-state index in [9.17, 15) is 14.9 Å². The van der Waals surface area contributed by atoms with Crippen LogP contribution in [0.15, 0.2) is 77.3 Å². The molecule has 0 atom stereocenters. The summed E-state index contributed by atoms with van der Waals surface area (Å²) in [6.07, 6.45) is 2.73. The summed E-state index contributed by atoms with van der Waals surface area (Å²) in [5, 5.41) is 13.8. The summed E-state index contributed by atoms with van der Waals surface area (Å²) in [5.41, 5.74) is 5.10. The summed E-state index contributed by atoms with van der Waals surface area (Å²) in [5.74, 6) is -0.000827. The number of amides is 1. The second kappa shape index (κ2) is 9.14. The van der Waals surface area contributed by atoms with Gasteiger partial charge >= 0.3 is 6.09 Å². The highest BCUT2D eigenvalue weighted by Gasteiger charge is 2.28. The molecule has 4 rings (SSSR count). The second-order valence-corrected chi connectivity index (χ2v) is 7.98. The molecule has 0 unspecified atom stereocenters. The Balaban J connectivity index is 1.35. The first-order valence-electron chi connectivity index (χ1n) is 9.74. The van der Waals surface area contributed by atoms with Crippen molar-refractivity contribution in [3.05, 3.63) is 104 Å². The summed E-state index contributed by atoms with van der Waals surface area (Å²) in [4.78, 5) is 22.9. The fraction of sp³-hybridized carbons (Fsp3) is 0.125. The van der Waals surface area contributed by atoms with Crippen molar-refractivity contribution in [3.63, 3.8) is 0 Å². The number of nitro groups is 1. The molecule has 0 aromatic heterocycles. The molecule has 31 heavy (non-hydrogen) atoms. The van der Waals surface area contributed by atoms with Gasteiger partial charge in [0.1, 0.15) is 6.61 Å². The molecular formula is C24H19BrN2O4. The van der Waals surface area contributed by atoms with Crippen LogP contribution in [0, 0.1) is 10.1 Å². The lowest BCUT2D eigenvalue weighted by Gasteiger charge is -2.14. The lowest BCUT2D eigenvalue weighted by atomic mass is 9.98. The number of benzene rings is 3. The molecule has 0 saturated carbocycles. The molecule has 0 bridgehead atoms. The second-order valence-electron chi connectivity index (χ2n) is 7.07. The maximum atomic E-state index is 12.2. The van der Waals surface area contributed by atoms with Crippen molar-refractivity contribution in [1.82, 2.24) is 5.32 Å². The van der Waals surface area contributed by atoms with Gasteiger partial charge < -0.3 is 10.1 Å². The Morgan fingerprint density at radius 1 is 1.06 bits per heavy atom. The molecule has 156 valence electrons. The fourth-order valence-electron chi connectivity index (χ4n) is 3.79. The molecule has 1 aliphatic rings. The zero-order valence-corrected chi connectivity index (χ0v) is 18.0. The third-order valence-electron chi connectivity index (χ3n) is 5.19. The van der Waals surface area contributed by atoms with Gasteiger partial charge in [-0.25, -0.2) is 4.79 Å². The van der Waals surface area contributed by atoms with Crippen molar-refractivity contribution in [3.8, 4) is 11.1 Å². The number of hydrogen-bond donors (Lipinski definition) is 1. The van der Waals surface area contributed by atoms with E-state index in [1.807, 2.05) is 24.3 Å². The van der Waals surface area contributed by atoms with Crippen LogP contribution in [0.1, 0.15) is 22.6 Å². The number of hydrogen-bond acceptors (Lipinski definition) is 4. The van der Waals surface area contributed by atoms with Gasteiger partial charge in [-0.1, -0.05) is 76.6 Å². The molecule has 0 radical (unpaired) electrons. The van der Waals surface area contributed by atoms with Crippen molar-refractivity contribution in [1.29, 1.82) is 0 Å². The van der Waals surface area contributed by atoms with Crippen molar-refractivity contribution in [2.45, 2.75) is 5.92 Å². The molecule has 0 heterocycles. The van der Waals surface area contributed by atoms with Gasteiger partial charge in [-0.05, 0) is 34.4 Å². The first kappa shape index (κ1) is 20.8. The molecule has 0 fully saturated rings. The van der Waals surface area contributed by atoms with E-state index >= 15 is 0 Å². The smallest absolute Gasteiger partial charge is 0.407 e. The monoisotopic (exact) mass is 478 g/mol. The Labute approximate surface area is 187 Å². The van der Waals surface area contributed by atoms with Crippen LogP contribution in [0.25, 0.3) is 17.2 Å². The van der Waals surface area contributed by atoms with Crippen molar-refractivity contribution >= 4 is 33.8 Å². The Morgan fingerprint density at radius 2 is 1.71 bits per heavy atom. The van der Waals surface area contributed by atoms with Crippen LogP contribution in [0.3, 0.4) is 0 Å². The van der Waals surface area contributed by atoms with Crippen LogP contribution in [0.2, 0.25) is 0 Å². The molecule has 7 heteroatoms. The van der Waals surface area contributed by atoms with E-state index in [2.05, 4.69) is 45.5 Å². The third kappa shape index (κ3) is 4.51. The minimum Gasteiger partial charge on any atom is -0.449 e. The lowest BCUT2D eigenvalue weighted by molar-refractivity contribution is -0.385. The molecule has 3 aromatic carbocycles. The Morgan fingerprint density at radius 3 is 2.35 bits per heavy atom. The van der Waals surface area contributed by atoms with Gasteiger partial charge in [0.05, 0.1) is 10.5 Å². The van der Waals surface area contributed by atoms with E-state index in [-0.39, 0.29) is 24.8 Å². The van der Waals surface area contributed by atoms with Crippen LogP contribution >= 0.6 is 15.9 Å². The van der Waals surface area contributed by atoms with Gasteiger partial charge in [-0.2, -0.15) is 0 Å². The number of halogens is 1. The van der Waals surface area contributed by atoms with Crippen LogP contribution in [0.4, 0.5) is 10.5 Å². The van der Waals surface area contributed by atoms with Crippen LogP contribution in [-0.2, 0) is 4.74 Å². The molecule has 1 N–H and O–H groups in total. The van der Waals surface area contributed by atoms with Crippen LogP contribution in [-0.4, -0.2) is 24.2 Å². The minimum atomic E-state index is -0.531. The topological polar surface area (TPSA) is 81.5 Å². The van der Waals surface area contributed by atoms with E-state index in [1.165, 1.54) is 17.2 Å². The van der Waals surface area contributed by atoms with E-state index in [0.717, 1.165) is 11.1 Å². The largest absolute Gasteiger partial charge is 0.449 e. The van der Waals surface area contributed by atoms with Crippen molar-refractivity contribution in [2.75, 3.05) is 13.2 Å². The number of carbonyl (C=O) groups is 1. The SMILES string of the molecule is O=C(NCC=Cc1ccc(Br)cc1[N+](=O)[O-])OCC1c2ccccc2-c2ccccc21. The van der Waals surface area contributed by atoms with Crippen LogP contribution in [0.5, 0.6) is 0 Å². The summed E-state index contributed by atoms with van der Waals surface area (Å²) >= 11 is 3.23. The quantitative estimate of drug-likeness (QED) is 0.352. The number of ether oxygens (including phenoxy) is 1. The number of nitro benzene ring substituents is 1. The Bertz CT molecular complexity index is 1130. The van der Waals surface area contributed by atoms with E-state index in [4.69, 9.17) is 4.74 Å². The van der Waals surface area contributed by atoms with E-state index < -0.39 is 11.0 Å². The van der Waals surface area contributed by atoms with E-state index in [1.54, 1.807) is 24.3 Å². The zero-order valence-electron chi connectivity index (χ0n) is 16.5. The number of carbonyl (C=O) groups excluding carboxylic acids is 1. The highest BCUT2D eigenvalue weighted by molar-refractivity contribution is 9.10. The van der Waals surface area contributed by atoms with Crippen molar-refractivity contribution < 1.29 is 14.5 Å². The average Bonchev–Trinajstić information content (AvgIpc) is 3.10. The number of nitrogens with one attached hydrogen (secondary N) is 1. The number of nitrogens with zero attached hydrogens (tertiary/aromatic N) is 1. The summed E-state index contributed by atoms with van der Waals surface area (Å²) in [6.45, 7) is 0.436. The number of rotatable bonds is 6. The van der Waals surface area contributed by atoms with Crippen LogP contribution < -0.4 is 5.32 Å². The Kier molecular flexibility index (Phi) is 6.13. The van der Waals surface area contributed by atoms with Gasteiger partial charge in [-0.3, -0.25) is 10.1 Å². The molecule has 1 aliphatic carbocycles. The summed E-state index contributed by atoms with van der Waals surface area (Å²) in [7, 11) is 0. The van der Waals surface area contributed by atoms with E-state index in [0.29, 0.717) is 10.0 Å². The first-order chi connectivity index (χ1) is 15.0. The molecule has 6 nitrogen and oxygen atoms in total. The Hall–Kier alpha value is -3.45. The number of fused-ring (bicyclic) bond motifs is 3. The molecule has 0 spiro atoms. The average molecular weight is 479 g/mol. The van der Waals surface area contributed by atoms with Gasteiger partial charge in [0.25, 0.3) is 5.69 Å². The standard InChI is InChI=1S/C24H19BrN2O4/c25-17-12-11-16(23(14-17)27(29)30)6-5-13-26-24(28)31-15-22-20-9-3-1-7-18(20)19-8-2-4-10-21(19)22/h1-12,14,22H,13,15H2,(H,26,28). The summed E-state index contributed by atoms with van der Waals surface area (Å²) < 4.78 is 6.10. The lowest BCUT2D eigenvalue weighted by Crippen LogP contribution is -2.26. The number of alkyl carbamates (subject to hydrolysis) is 1. The maximum absolute atomic E-state index is 12.2. The van der Waals surface area contributed by atoms with Gasteiger partial charge in [-0.15, -0.1) is 0 Å². The maximum Gasteiger partial charge on any atom is 0.407 e. The van der Waals surface area contributed by atoms with Gasteiger partial charge in [0, 0.05) is 23.0 Å². The highest BCUT2D eigenvalue weighted by Crippen LogP contribution is 2.44. The summed E-state index contributed by atoms with van der Waals surface area (Å²) in [6, 6.07) is 21.1. The first-order valence-corrected chi connectivity index (χ1v) is 10.5. The molecular weight excluding hydrogens is 460 g/mol. The molecule has 1 amide bonds. The minimum absolute atomic E-state index is 0.000827. The normalized spacial score (nSPS) is 12.4. The van der Waals surface area contributed by atoms with Gasteiger partial charge in [0.15, 0.2) is 0 Å². The molecule has 0 aliphatic heterocycles. The predicted molar refractivity (Wildman–Crippen MR) is 123 cm³/mol. The molecule has 3 aromatic rings. The third-order valence-corrected chi connectivity index (χ3v) is 5.69. The predicted octanol–water partition coefficient (Wildman–Crippen LogP) is 5.91. The van der Waals surface area contributed by atoms with Gasteiger partial charge in [0.2, 0.25) is 0 Å². The zero-order chi connectivity index (χ0) is 21.8. The fourth-order valence-corrected chi connectivity index (χ4v) is 4.14. The molecule has 0 saturated heterocycles.